The highest BCUT2D eigenvalue weighted by Gasteiger charge is 2.20. The normalized spacial score (nSPS) is 11.1. The number of nitrogens with one attached hydrogen (secondary N) is 1. The number of rotatable bonds is 5. The number of hydrogen-bond acceptors (Lipinski definition) is 5. The standard InChI is InChI=1S/C20H18FN5O2/c1-12-7-9-26(24-12)10-8-22-19(27)15-11-17(14-5-3-4-6-16(14)21)23-20-18(15)13(2)25-28-20/h3-7,9,11H,8,10H2,1-2H3,(H,22,27). The average Bonchev–Trinajstić information content (AvgIpc) is 3.27. The monoisotopic (exact) mass is 379 g/mol. The minimum absolute atomic E-state index is 0.200. The maximum Gasteiger partial charge on any atom is 0.259 e. The molecule has 0 saturated heterocycles. The van der Waals surface area contributed by atoms with Crippen LogP contribution in [0.5, 0.6) is 0 Å². The molecule has 0 aliphatic heterocycles. The largest absolute Gasteiger partial charge is 0.350 e. The van der Waals surface area contributed by atoms with Crippen molar-refractivity contribution in [1.82, 2.24) is 25.2 Å². The van der Waals surface area contributed by atoms with E-state index in [1.807, 2.05) is 19.2 Å². The van der Waals surface area contributed by atoms with Crippen LogP contribution >= 0.6 is 0 Å². The zero-order chi connectivity index (χ0) is 19.7. The molecule has 1 aromatic carbocycles. The van der Waals surface area contributed by atoms with Crippen molar-refractivity contribution in [1.29, 1.82) is 0 Å². The fourth-order valence-electron chi connectivity index (χ4n) is 3.05. The molecule has 3 heterocycles. The summed E-state index contributed by atoms with van der Waals surface area (Å²) in [6.07, 6.45) is 1.85. The third-order valence-corrected chi connectivity index (χ3v) is 4.41. The second-order valence-electron chi connectivity index (χ2n) is 6.46. The molecule has 0 aliphatic carbocycles. The molecule has 8 heteroatoms. The Morgan fingerprint density at radius 1 is 1.25 bits per heavy atom. The Hall–Kier alpha value is -3.55. The van der Waals surface area contributed by atoms with Crippen molar-refractivity contribution in [3.05, 3.63) is 65.4 Å². The molecule has 142 valence electrons. The van der Waals surface area contributed by atoms with Crippen molar-refractivity contribution in [2.75, 3.05) is 6.54 Å². The van der Waals surface area contributed by atoms with Gasteiger partial charge in [0.05, 0.1) is 34.6 Å². The highest BCUT2D eigenvalue weighted by molar-refractivity contribution is 6.07. The smallest absolute Gasteiger partial charge is 0.259 e. The molecule has 4 aromatic rings. The molecule has 4 rings (SSSR count). The van der Waals surface area contributed by atoms with E-state index in [-0.39, 0.29) is 11.6 Å². The lowest BCUT2D eigenvalue weighted by Gasteiger charge is -2.09. The summed E-state index contributed by atoms with van der Waals surface area (Å²) in [6.45, 7) is 4.57. The number of halogens is 1. The Balaban J connectivity index is 1.65. The molecule has 28 heavy (non-hydrogen) atoms. The van der Waals surface area contributed by atoms with Crippen LogP contribution in [0.4, 0.5) is 4.39 Å². The zero-order valence-electron chi connectivity index (χ0n) is 15.4. The molecule has 0 fully saturated rings. The number of pyridine rings is 1. The number of hydrogen-bond donors (Lipinski definition) is 1. The van der Waals surface area contributed by atoms with E-state index in [4.69, 9.17) is 4.52 Å². The number of benzene rings is 1. The van der Waals surface area contributed by atoms with Crippen molar-refractivity contribution in [3.63, 3.8) is 0 Å². The van der Waals surface area contributed by atoms with E-state index in [2.05, 4.69) is 20.6 Å². The summed E-state index contributed by atoms with van der Waals surface area (Å²) in [5.41, 5.74) is 2.62. The first kappa shape index (κ1) is 17.8. The second kappa shape index (κ2) is 7.22. The van der Waals surface area contributed by atoms with Crippen molar-refractivity contribution in [3.8, 4) is 11.3 Å². The molecule has 0 aliphatic rings. The second-order valence-corrected chi connectivity index (χ2v) is 6.46. The first-order valence-corrected chi connectivity index (χ1v) is 8.83. The highest BCUT2D eigenvalue weighted by Crippen LogP contribution is 2.28. The molecular weight excluding hydrogens is 361 g/mol. The zero-order valence-corrected chi connectivity index (χ0v) is 15.4. The van der Waals surface area contributed by atoms with Gasteiger partial charge in [0.1, 0.15) is 5.82 Å². The third kappa shape index (κ3) is 3.36. The van der Waals surface area contributed by atoms with E-state index < -0.39 is 5.82 Å². The van der Waals surface area contributed by atoms with Gasteiger partial charge in [-0.3, -0.25) is 9.48 Å². The van der Waals surface area contributed by atoms with Gasteiger partial charge in [-0.25, -0.2) is 9.37 Å². The van der Waals surface area contributed by atoms with Crippen molar-refractivity contribution >= 4 is 17.0 Å². The minimum atomic E-state index is -0.425. The van der Waals surface area contributed by atoms with Gasteiger partial charge >= 0.3 is 0 Å². The van der Waals surface area contributed by atoms with Crippen LogP contribution in [0.25, 0.3) is 22.4 Å². The Morgan fingerprint density at radius 3 is 2.82 bits per heavy atom. The van der Waals surface area contributed by atoms with Crippen LogP contribution < -0.4 is 5.32 Å². The summed E-state index contributed by atoms with van der Waals surface area (Å²) < 4.78 is 21.2. The van der Waals surface area contributed by atoms with E-state index >= 15 is 0 Å². The number of carbonyl (C=O) groups excluding carboxylic acids is 1. The number of amides is 1. The lowest BCUT2D eigenvalue weighted by Crippen LogP contribution is -2.27. The van der Waals surface area contributed by atoms with Crippen LogP contribution in [-0.4, -0.2) is 32.4 Å². The quantitative estimate of drug-likeness (QED) is 0.575. The lowest BCUT2D eigenvalue weighted by molar-refractivity contribution is 0.0953. The molecule has 0 spiro atoms. The Kier molecular flexibility index (Phi) is 4.60. The maximum atomic E-state index is 14.2. The van der Waals surface area contributed by atoms with E-state index in [0.717, 1.165) is 5.69 Å². The van der Waals surface area contributed by atoms with Gasteiger partial charge in [0.25, 0.3) is 11.6 Å². The van der Waals surface area contributed by atoms with Crippen LogP contribution in [0.15, 0.2) is 47.1 Å². The molecule has 0 unspecified atom stereocenters. The van der Waals surface area contributed by atoms with Crippen molar-refractivity contribution in [2.24, 2.45) is 0 Å². The van der Waals surface area contributed by atoms with Gasteiger partial charge in [-0.15, -0.1) is 0 Å². The van der Waals surface area contributed by atoms with E-state index in [1.54, 1.807) is 35.9 Å². The van der Waals surface area contributed by atoms with Gasteiger partial charge in [-0.2, -0.15) is 5.10 Å². The van der Waals surface area contributed by atoms with Crippen LogP contribution in [0.3, 0.4) is 0 Å². The molecule has 7 nitrogen and oxygen atoms in total. The maximum absolute atomic E-state index is 14.2. The molecule has 1 N–H and O–H groups in total. The first-order chi connectivity index (χ1) is 13.5. The SMILES string of the molecule is Cc1ccn(CCNC(=O)c2cc(-c3ccccc3F)nc3onc(C)c23)n1. The van der Waals surface area contributed by atoms with Crippen LogP contribution in [0, 0.1) is 19.7 Å². The Labute approximate surface area is 160 Å². The fraction of sp³-hybridized carbons (Fsp3) is 0.200. The van der Waals surface area contributed by atoms with E-state index in [1.165, 1.54) is 6.07 Å². The summed E-state index contributed by atoms with van der Waals surface area (Å²) in [6, 6.07) is 9.73. The van der Waals surface area contributed by atoms with E-state index in [0.29, 0.717) is 41.0 Å². The Bertz CT molecular complexity index is 1160. The topological polar surface area (TPSA) is 85.8 Å². The lowest BCUT2D eigenvalue weighted by atomic mass is 10.0. The van der Waals surface area contributed by atoms with Gasteiger partial charge in [-0.1, -0.05) is 17.3 Å². The summed E-state index contributed by atoms with van der Waals surface area (Å²) in [5.74, 6) is -0.730. The third-order valence-electron chi connectivity index (χ3n) is 4.41. The number of fused-ring (bicyclic) bond motifs is 1. The molecule has 0 bridgehead atoms. The Morgan fingerprint density at radius 2 is 2.07 bits per heavy atom. The summed E-state index contributed by atoms with van der Waals surface area (Å²) in [5, 5.41) is 11.6. The predicted molar refractivity (Wildman–Crippen MR) is 101 cm³/mol. The first-order valence-electron chi connectivity index (χ1n) is 8.83. The van der Waals surface area contributed by atoms with Gasteiger partial charge in [0, 0.05) is 18.3 Å². The molecule has 1 amide bonds. The van der Waals surface area contributed by atoms with Crippen LogP contribution in [-0.2, 0) is 6.54 Å². The molecule has 0 saturated carbocycles. The molecule has 0 atom stereocenters. The number of aromatic nitrogens is 4. The van der Waals surface area contributed by atoms with Crippen molar-refractivity contribution < 1.29 is 13.7 Å². The summed E-state index contributed by atoms with van der Waals surface area (Å²) in [4.78, 5) is 17.2. The average molecular weight is 379 g/mol. The fourth-order valence-corrected chi connectivity index (χ4v) is 3.05. The van der Waals surface area contributed by atoms with Gasteiger partial charge in [0.2, 0.25) is 0 Å². The molecule has 3 aromatic heterocycles. The van der Waals surface area contributed by atoms with Gasteiger partial charge < -0.3 is 9.84 Å². The van der Waals surface area contributed by atoms with Gasteiger partial charge in [0.15, 0.2) is 0 Å². The van der Waals surface area contributed by atoms with Crippen LogP contribution in [0.1, 0.15) is 21.7 Å². The highest BCUT2D eigenvalue weighted by atomic mass is 19.1. The minimum Gasteiger partial charge on any atom is -0.350 e. The number of carbonyl (C=O) groups is 1. The number of nitrogens with zero attached hydrogens (tertiary/aromatic N) is 4. The summed E-state index contributed by atoms with van der Waals surface area (Å²) in [7, 11) is 0. The number of aryl methyl sites for hydroxylation is 2. The molecule has 0 radical (unpaired) electrons. The van der Waals surface area contributed by atoms with Gasteiger partial charge in [-0.05, 0) is 38.1 Å². The molecular formula is C20H18FN5O2. The van der Waals surface area contributed by atoms with Crippen molar-refractivity contribution in [2.45, 2.75) is 20.4 Å². The van der Waals surface area contributed by atoms with E-state index in [9.17, 15) is 9.18 Å². The summed E-state index contributed by atoms with van der Waals surface area (Å²) >= 11 is 0. The predicted octanol–water partition coefficient (Wildman–Crippen LogP) is 3.27. The van der Waals surface area contributed by atoms with Crippen LogP contribution in [0.2, 0.25) is 0 Å².